The minimum absolute atomic E-state index is 0.193. The minimum Gasteiger partial charge on any atom is -0.382 e. The first kappa shape index (κ1) is 14.1. The van der Waals surface area contributed by atoms with E-state index >= 15 is 0 Å². The van der Waals surface area contributed by atoms with Crippen molar-refractivity contribution in [3.05, 3.63) is 28.5 Å². The van der Waals surface area contributed by atoms with Gasteiger partial charge in [0.15, 0.2) is 10.6 Å². The van der Waals surface area contributed by atoms with Gasteiger partial charge in [-0.15, -0.1) is 0 Å². The predicted molar refractivity (Wildman–Crippen MR) is 69.7 cm³/mol. The second-order valence-corrected chi connectivity index (χ2v) is 4.52. The number of hydrogen-bond donors (Lipinski definition) is 1. The van der Waals surface area contributed by atoms with Gasteiger partial charge in [-0.3, -0.25) is 0 Å². The van der Waals surface area contributed by atoms with Crippen LogP contribution in [0.5, 0.6) is 0 Å². The van der Waals surface area contributed by atoms with Crippen LogP contribution in [-0.2, 0) is 16.0 Å². The second-order valence-electron chi connectivity index (χ2n) is 4.14. The van der Waals surface area contributed by atoms with Gasteiger partial charge in [-0.1, -0.05) is 0 Å². The number of benzene rings is 1. The number of aromatic amines is 1. The van der Waals surface area contributed by atoms with Crippen molar-refractivity contribution < 1.29 is 18.3 Å². The largest absolute Gasteiger partial charge is 0.382 e. The van der Waals surface area contributed by atoms with Crippen LogP contribution in [0.2, 0.25) is 0 Å². The first-order valence-corrected chi connectivity index (χ1v) is 6.07. The molecule has 1 atom stereocenters. The Bertz CT molecular complexity index is 638. The van der Waals surface area contributed by atoms with Crippen LogP contribution in [0.15, 0.2) is 12.1 Å². The second kappa shape index (κ2) is 5.77. The maximum absolute atomic E-state index is 13.6. The molecule has 0 radical (unpaired) electrons. The molecular formula is C12H14F2N2O2S. The van der Waals surface area contributed by atoms with Crippen molar-refractivity contribution in [2.24, 2.45) is 0 Å². The first-order chi connectivity index (χ1) is 9.06. The summed E-state index contributed by atoms with van der Waals surface area (Å²) in [7, 11) is 3.10. The van der Waals surface area contributed by atoms with E-state index in [-0.39, 0.29) is 11.6 Å². The average molecular weight is 288 g/mol. The van der Waals surface area contributed by atoms with Crippen LogP contribution >= 0.6 is 12.2 Å². The Morgan fingerprint density at radius 1 is 1.37 bits per heavy atom. The Kier molecular flexibility index (Phi) is 4.28. The summed E-state index contributed by atoms with van der Waals surface area (Å²) >= 11 is 5.13. The molecule has 19 heavy (non-hydrogen) atoms. The number of ether oxygens (including phenoxy) is 2. The molecule has 0 aliphatic carbocycles. The monoisotopic (exact) mass is 288 g/mol. The van der Waals surface area contributed by atoms with Crippen LogP contribution in [-0.4, -0.2) is 36.5 Å². The number of aromatic nitrogens is 2. The van der Waals surface area contributed by atoms with Crippen LogP contribution in [0.4, 0.5) is 8.78 Å². The van der Waals surface area contributed by atoms with E-state index < -0.39 is 11.6 Å². The van der Waals surface area contributed by atoms with Crippen molar-refractivity contribution in [2.75, 3.05) is 20.8 Å². The highest BCUT2D eigenvalue weighted by molar-refractivity contribution is 7.71. The topological polar surface area (TPSA) is 39.2 Å². The van der Waals surface area contributed by atoms with Crippen molar-refractivity contribution in [3.8, 4) is 0 Å². The summed E-state index contributed by atoms with van der Waals surface area (Å²) in [5.74, 6) is -1.31. The lowest BCUT2D eigenvalue weighted by molar-refractivity contribution is 0.0188. The maximum atomic E-state index is 13.6. The normalized spacial score (nSPS) is 13.1. The van der Waals surface area contributed by atoms with Crippen molar-refractivity contribution in [3.63, 3.8) is 0 Å². The van der Waals surface area contributed by atoms with Crippen LogP contribution in [0, 0.1) is 16.4 Å². The van der Waals surface area contributed by atoms with Gasteiger partial charge in [0.25, 0.3) is 0 Å². The summed E-state index contributed by atoms with van der Waals surface area (Å²) in [4.78, 5) is 2.73. The number of imidazole rings is 1. The minimum atomic E-state index is -0.666. The van der Waals surface area contributed by atoms with Gasteiger partial charge < -0.3 is 19.0 Å². The predicted octanol–water partition coefficient (Wildman–Crippen LogP) is 2.64. The summed E-state index contributed by atoms with van der Waals surface area (Å²) in [6, 6.07) is 2.06. The van der Waals surface area contributed by atoms with E-state index in [0.717, 1.165) is 6.07 Å². The molecule has 0 aliphatic heterocycles. The summed E-state index contributed by atoms with van der Waals surface area (Å²) < 4.78 is 39.1. The summed E-state index contributed by atoms with van der Waals surface area (Å²) in [6.07, 6.45) is -0.248. The van der Waals surface area contributed by atoms with E-state index in [2.05, 4.69) is 4.98 Å². The number of fused-ring (bicyclic) bond motifs is 1. The van der Waals surface area contributed by atoms with Crippen molar-refractivity contribution in [2.45, 2.75) is 12.6 Å². The summed E-state index contributed by atoms with van der Waals surface area (Å²) in [5, 5.41) is 0. The van der Waals surface area contributed by atoms with Crippen LogP contribution in [0.3, 0.4) is 0 Å². The highest BCUT2D eigenvalue weighted by Crippen LogP contribution is 2.20. The third-order valence-electron chi connectivity index (χ3n) is 2.87. The molecule has 7 heteroatoms. The van der Waals surface area contributed by atoms with Gasteiger partial charge in [-0.2, -0.15) is 0 Å². The van der Waals surface area contributed by atoms with Gasteiger partial charge in [0.1, 0.15) is 11.3 Å². The fourth-order valence-corrected chi connectivity index (χ4v) is 2.22. The van der Waals surface area contributed by atoms with Crippen molar-refractivity contribution in [1.82, 2.24) is 9.55 Å². The third-order valence-corrected chi connectivity index (χ3v) is 3.20. The van der Waals surface area contributed by atoms with Crippen LogP contribution in [0.25, 0.3) is 11.0 Å². The molecule has 0 spiro atoms. The Morgan fingerprint density at radius 2 is 2.11 bits per heavy atom. The Labute approximate surface area is 113 Å². The standard InChI is InChI=1S/C12H14F2N2O2S/c1-17-6-8(18-2)5-16-10-4-7(13)3-9(14)11(10)15-12(16)19/h3-4,8H,5-6H2,1-2H3,(H,15,19). The molecule has 1 unspecified atom stereocenters. The third kappa shape index (κ3) is 2.83. The maximum Gasteiger partial charge on any atom is 0.178 e. The van der Waals surface area contributed by atoms with Crippen LogP contribution < -0.4 is 0 Å². The molecule has 2 rings (SSSR count). The molecule has 1 heterocycles. The molecule has 0 saturated carbocycles. The Hall–Kier alpha value is -1.31. The van der Waals surface area contributed by atoms with Gasteiger partial charge in [0.2, 0.25) is 0 Å². The molecule has 2 aromatic rings. The zero-order valence-corrected chi connectivity index (χ0v) is 11.4. The van der Waals surface area contributed by atoms with E-state index in [0.29, 0.717) is 23.4 Å². The number of nitrogens with one attached hydrogen (secondary N) is 1. The molecule has 0 saturated heterocycles. The highest BCUT2D eigenvalue weighted by Gasteiger charge is 2.15. The number of rotatable bonds is 5. The number of nitrogens with zero attached hydrogens (tertiary/aromatic N) is 1. The van der Waals surface area contributed by atoms with Gasteiger partial charge in [0.05, 0.1) is 24.8 Å². The van der Waals surface area contributed by atoms with Gasteiger partial charge in [-0.05, 0) is 18.3 Å². The SMILES string of the molecule is COCC(Cn1c(=S)[nH]c2c(F)cc(F)cc21)OC. The zero-order chi connectivity index (χ0) is 14.0. The molecule has 0 bridgehead atoms. The average Bonchev–Trinajstić information content (AvgIpc) is 2.66. The molecular weight excluding hydrogens is 274 g/mol. The van der Waals surface area contributed by atoms with Gasteiger partial charge in [-0.25, -0.2) is 8.78 Å². The first-order valence-electron chi connectivity index (χ1n) is 5.66. The smallest absolute Gasteiger partial charge is 0.178 e. The summed E-state index contributed by atoms with van der Waals surface area (Å²) in [5.41, 5.74) is 0.569. The lowest BCUT2D eigenvalue weighted by Crippen LogP contribution is -2.23. The van der Waals surface area contributed by atoms with Gasteiger partial charge >= 0.3 is 0 Å². The molecule has 104 valence electrons. The fourth-order valence-electron chi connectivity index (χ4n) is 1.95. The van der Waals surface area contributed by atoms with E-state index in [9.17, 15) is 8.78 Å². The Morgan fingerprint density at radius 3 is 2.74 bits per heavy atom. The fraction of sp³-hybridized carbons (Fsp3) is 0.417. The molecule has 0 amide bonds. The van der Waals surface area contributed by atoms with Gasteiger partial charge in [0, 0.05) is 20.3 Å². The summed E-state index contributed by atoms with van der Waals surface area (Å²) in [6.45, 7) is 0.717. The molecule has 1 aromatic carbocycles. The number of H-pyrrole nitrogens is 1. The lowest BCUT2D eigenvalue weighted by Gasteiger charge is -2.15. The number of hydrogen-bond acceptors (Lipinski definition) is 3. The molecule has 0 aliphatic rings. The van der Waals surface area contributed by atoms with E-state index in [1.807, 2.05) is 0 Å². The lowest BCUT2D eigenvalue weighted by atomic mass is 10.3. The zero-order valence-electron chi connectivity index (χ0n) is 10.6. The molecule has 4 nitrogen and oxygen atoms in total. The number of methoxy groups -OCH3 is 2. The Balaban J connectivity index is 2.48. The van der Waals surface area contributed by atoms with Crippen molar-refractivity contribution in [1.29, 1.82) is 0 Å². The van der Waals surface area contributed by atoms with Crippen LogP contribution in [0.1, 0.15) is 0 Å². The van der Waals surface area contributed by atoms with E-state index in [1.165, 1.54) is 6.07 Å². The van der Waals surface area contributed by atoms with E-state index in [4.69, 9.17) is 21.7 Å². The quantitative estimate of drug-likeness (QED) is 0.860. The molecule has 1 N–H and O–H groups in total. The van der Waals surface area contributed by atoms with Crippen molar-refractivity contribution >= 4 is 23.3 Å². The number of halogens is 2. The molecule has 1 aromatic heterocycles. The highest BCUT2D eigenvalue weighted by atomic mass is 32.1. The van der Waals surface area contributed by atoms with E-state index in [1.54, 1.807) is 18.8 Å². The molecule has 0 fully saturated rings.